The van der Waals surface area contributed by atoms with E-state index in [4.69, 9.17) is 9.84 Å². The molecule has 2 atom stereocenters. The van der Waals surface area contributed by atoms with Gasteiger partial charge in [-0.05, 0) is 32.1 Å². The Morgan fingerprint density at radius 1 is 1.05 bits per heavy atom. The van der Waals surface area contributed by atoms with Gasteiger partial charge in [-0.2, -0.15) is 0 Å². The fourth-order valence-electron chi connectivity index (χ4n) is 3.22. The summed E-state index contributed by atoms with van der Waals surface area (Å²) < 4.78 is 5.75. The second-order valence-corrected chi connectivity index (χ2v) is 5.97. The number of hydrogen-bond donors (Lipinski definition) is 2. The van der Waals surface area contributed by atoms with Crippen LogP contribution < -0.4 is 5.32 Å². The highest BCUT2D eigenvalue weighted by Crippen LogP contribution is 2.31. The Hall–Kier alpha value is -1.10. The largest absolute Gasteiger partial charge is 0.481 e. The number of amides is 1. The number of carbonyl (C=O) groups excluding carboxylic acids is 1. The van der Waals surface area contributed by atoms with Crippen molar-refractivity contribution in [2.75, 3.05) is 13.2 Å². The fourth-order valence-corrected chi connectivity index (χ4v) is 3.22. The zero-order chi connectivity index (χ0) is 14.4. The lowest BCUT2D eigenvalue weighted by molar-refractivity contribution is -0.141. The number of hydrogen-bond acceptors (Lipinski definition) is 3. The molecule has 114 valence electrons. The van der Waals surface area contributed by atoms with E-state index in [2.05, 4.69) is 5.32 Å². The molecule has 0 aliphatic heterocycles. The van der Waals surface area contributed by atoms with Gasteiger partial charge < -0.3 is 15.2 Å². The first kappa shape index (κ1) is 15.3. The third kappa shape index (κ3) is 4.47. The van der Waals surface area contributed by atoms with Gasteiger partial charge in [0.25, 0.3) is 0 Å². The van der Waals surface area contributed by atoms with E-state index in [1.165, 1.54) is 19.3 Å². The second kappa shape index (κ2) is 7.62. The van der Waals surface area contributed by atoms with Crippen LogP contribution in [0.4, 0.5) is 0 Å². The molecular weight excluding hydrogens is 258 g/mol. The first-order chi connectivity index (χ1) is 9.66. The van der Waals surface area contributed by atoms with Gasteiger partial charge >= 0.3 is 5.97 Å². The molecule has 2 aliphatic carbocycles. The van der Waals surface area contributed by atoms with Gasteiger partial charge in [0, 0.05) is 12.5 Å². The van der Waals surface area contributed by atoms with Crippen LogP contribution in [0.15, 0.2) is 0 Å². The average molecular weight is 283 g/mol. The molecule has 0 saturated heterocycles. The van der Waals surface area contributed by atoms with Crippen LogP contribution >= 0.6 is 0 Å². The highest BCUT2D eigenvalue weighted by molar-refractivity contribution is 5.80. The van der Waals surface area contributed by atoms with Gasteiger partial charge in [0.1, 0.15) is 0 Å². The van der Waals surface area contributed by atoms with E-state index in [0.29, 0.717) is 38.5 Å². The van der Waals surface area contributed by atoms with Crippen LogP contribution in [0.3, 0.4) is 0 Å². The van der Waals surface area contributed by atoms with Crippen molar-refractivity contribution in [2.24, 2.45) is 11.8 Å². The van der Waals surface area contributed by atoms with Crippen molar-refractivity contribution in [1.82, 2.24) is 5.32 Å². The Bertz CT molecular complexity index is 339. The molecule has 0 spiro atoms. The van der Waals surface area contributed by atoms with Gasteiger partial charge in [0.15, 0.2) is 0 Å². The predicted octanol–water partition coefficient (Wildman–Crippen LogP) is 1.95. The first-order valence-electron chi connectivity index (χ1n) is 7.79. The minimum absolute atomic E-state index is 0.0130. The summed E-state index contributed by atoms with van der Waals surface area (Å²) in [6.07, 6.45) is 8.22. The van der Waals surface area contributed by atoms with Crippen LogP contribution in [-0.2, 0) is 14.3 Å². The summed E-state index contributed by atoms with van der Waals surface area (Å²) in [6.45, 7) is 1.09. The number of carboxylic acids is 1. The van der Waals surface area contributed by atoms with Crippen molar-refractivity contribution in [2.45, 2.75) is 57.5 Å². The van der Waals surface area contributed by atoms with E-state index in [1.807, 2.05) is 0 Å². The lowest BCUT2D eigenvalue weighted by Crippen LogP contribution is -2.33. The van der Waals surface area contributed by atoms with Crippen LogP contribution in [0.25, 0.3) is 0 Å². The second-order valence-electron chi connectivity index (χ2n) is 5.97. The summed E-state index contributed by atoms with van der Waals surface area (Å²) >= 11 is 0. The van der Waals surface area contributed by atoms with E-state index in [0.717, 1.165) is 12.8 Å². The molecule has 5 heteroatoms. The smallest absolute Gasteiger partial charge is 0.306 e. The van der Waals surface area contributed by atoms with Gasteiger partial charge in [0.2, 0.25) is 5.91 Å². The molecule has 0 bridgehead atoms. The highest BCUT2D eigenvalue weighted by atomic mass is 16.5. The van der Waals surface area contributed by atoms with E-state index < -0.39 is 5.97 Å². The molecule has 20 heavy (non-hydrogen) atoms. The molecule has 2 rings (SSSR count). The summed E-state index contributed by atoms with van der Waals surface area (Å²) in [5.41, 5.74) is 0. The third-order valence-electron chi connectivity index (χ3n) is 4.46. The van der Waals surface area contributed by atoms with E-state index in [1.54, 1.807) is 0 Å². The van der Waals surface area contributed by atoms with Crippen LogP contribution in [0.1, 0.15) is 51.4 Å². The zero-order valence-corrected chi connectivity index (χ0v) is 12.0. The summed E-state index contributed by atoms with van der Waals surface area (Å²) in [4.78, 5) is 22.8. The van der Waals surface area contributed by atoms with Gasteiger partial charge in [0.05, 0.1) is 18.6 Å². The first-order valence-corrected chi connectivity index (χ1v) is 7.79. The van der Waals surface area contributed by atoms with Gasteiger partial charge in [-0.25, -0.2) is 0 Å². The molecule has 2 N–H and O–H groups in total. The predicted molar refractivity (Wildman–Crippen MR) is 74.3 cm³/mol. The molecule has 0 unspecified atom stereocenters. The number of rotatable bonds is 6. The standard InChI is InChI=1S/C15H25NO4/c17-14(11-6-7-12(10-11)15(18)19)16-8-9-20-13-4-2-1-3-5-13/h11-13H,1-10H2,(H,16,17)(H,18,19)/t11-,12+/m0/s1. The van der Waals surface area contributed by atoms with Crippen molar-refractivity contribution in [1.29, 1.82) is 0 Å². The molecule has 0 aromatic carbocycles. The minimum atomic E-state index is -0.777. The molecule has 0 aromatic rings. The SMILES string of the molecule is O=C(O)[C@@H]1CC[C@H](C(=O)NCCOC2CCCCC2)C1. The quantitative estimate of drug-likeness (QED) is 0.731. The summed E-state index contributed by atoms with van der Waals surface area (Å²) in [5, 5.41) is 11.8. The van der Waals surface area contributed by atoms with Crippen molar-refractivity contribution >= 4 is 11.9 Å². The van der Waals surface area contributed by atoms with Crippen molar-refractivity contribution < 1.29 is 19.4 Å². The number of nitrogens with one attached hydrogen (secondary N) is 1. The summed E-state index contributed by atoms with van der Waals surface area (Å²) in [5.74, 6) is -1.27. The summed E-state index contributed by atoms with van der Waals surface area (Å²) in [7, 11) is 0. The molecule has 2 aliphatic rings. The molecule has 0 heterocycles. The fraction of sp³-hybridized carbons (Fsp3) is 0.867. The molecule has 0 aromatic heterocycles. The van der Waals surface area contributed by atoms with Gasteiger partial charge in [-0.3, -0.25) is 9.59 Å². The minimum Gasteiger partial charge on any atom is -0.481 e. The van der Waals surface area contributed by atoms with Crippen LogP contribution in [-0.4, -0.2) is 36.2 Å². The number of ether oxygens (including phenoxy) is 1. The Balaban J connectivity index is 1.57. The van der Waals surface area contributed by atoms with E-state index in [-0.39, 0.29) is 17.7 Å². The Kier molecular flexibility index (Phi) is 5.83. The Morgan fingerprint density at radius 3 is 2.40 bits per heavy atom. The maximum atomic E-state index is 11.9. The maximum Gasteiger partial charge on any atom is 0.306 e. The van der Waals surface area contributed by atoms with Crippen molar-refractivity contribution in [3.8, 4) is 0 Å². The zero-order valence-electron chi connectivity index (χ0n) is 12.0. The molecular formula is C15H25NO4. The molecule has 1 amide bonds. The molecule has 2 fully saturated rings. The number of carbonyl (C=O) groups is 2. The van der Waals surface area contributed by atoms with E-state index >= 15 is 0 Å². The van der Waals surface area contributed by atoms with Crippen molar-refractivity contribution in [3.05, 3.63) is 0 Å². The molecule has 2 saturated carbocycles. The third-order valence-corrected chi connectivity index (χ3v) is 4.46. The van der Waals surface area contributed by atoms with Crippen LogP contribution in [0, 0.1) is 11.8 Å². The number of aliphatic carboxylic acids is 1. The average Bonchev–Trinajstić information content (AvgIpc) is 2.94. The lowest BCUT2D eigenvalue weighted by atomic mass is 9.98. The molecule has 0 radical (unpaired) electrons. The lowest BCUT2D eigenvalue weighted by Gasteiger charge is -2.22. The van der Waals surface area contributed by atoms with Crippen molar-refractivity contribution in [3.63, 3.8) is 0 Å². The van der Waals surface area contributed by atoms with Gasteiger partial charge in [-0.1, -0.05) is 19.3 Å². The van der Waals surface area contributed by atoms with Crippen LogP contribution in [0.2, 0.25) is 0 Å². The Labute approximate surface area is 120 Å². The Morgan fingerprint density at radius 2 is 1.75 bits per heavy atom. The topological polar surface area (TPSA) is 75.6 Å². The van der Waals surface area contributed by atoms with Crippen LogP contribution in [0.5, 0.6) is 0 Å². The van der Waals surface area contributed by atoms with Gasteiger partial charge in [-0.15, -0.1) is 0 Å². The normalized spacial score (nSPS) is 27.4. The molecule has 5 nitrogen and oxygen atoms in total. The monoisotopic (exact) mass is 283 g/mol. The highest BCUT2D eigenvalue weighted by Gasteiger charge is 2.33. The maximum absolute atomic E-state index is 11.9. The summed E-state index contributed by atoms with van der Waals surface area (Å²) in [6, 6.07) is 0. The van der Waals surface area contributed by atoms with E-state index in [9.17, 15) is 9.59 Å². The number of carboxylic acid groups (broad SMARTS) is 1.